The van der Waals surface area contributed by atoms with Crippen molar-refractivity contribution in [3.63, 3.8) is 0 Å². The molecule has 1 amide bonds. The van der Waals surface area contributed by atoms with E-state index in [0.29, 0.717) is 18.8 Å². The maximum atomic E-state index is 13.9. The number of piperidine rings is 1. The number of benzene rings is 1. The van der Waals surface area contributed by atoms with E-state index in [1.807, 2.05) is 41.1 Å². The van der Waals surface area contributed by atoms with Gasteiger partial charge < -0.3 is 10.2 Å². The van der Waals surface area contributed by atoms with Gasteiger partial charge in [-0.2, -0.15) is 0 Å². The normalized spacial score (nSPS) is 15.3. The number of halogens is 1. The molecular formula is C20H25FN4O. The second kappa shape index (κ2) is 8.76. The molecule has 1 aliphatic heterocycles. The standard InChI is InChI=1S/C20H25FN4O/c1-24(14-16-6-10-22-11-7-16)15-20(26)23-17-8-12-25(13-9-17)19-5-3-2-4-18(19)21/h2-7,10-11,17H,8-9,12-15H2,1H3,(H,23,26). The predicted molar refractivity (Wildman–Crippen MR) is 100 cm³/mol. The van der Waals surface area contributed by atoms with Gasteiger partial charge in [-0.25, -0.2) is 4.39 Å². The van der Waals surface area contributed by atoms with E-state index in [4.69, 9.17) is 0 Å². The Hall–Kier alpha value is -2.47. The van der Waals surface area contributed by atoms with Gasteiger partial charge in [-0.3, -0.25) is 14.7 Å². The Morgan fingerprint density at radius 3 is 2.62 bits per heavy atom. The number of para-hydroxylation sites is 1. The summed E-state index contributed by atoms with van der Waals surface area (Å²) in [5, 5.41) is 3.11. The highest BCUT2D eigenvalue weighted by Crippen LogP contribution is 2.22. The summed E-state index contributed by atoms with van der Waals surface area (Å²) >= 11 is 0. The minimum atomic E-state index is -0.187. The minimum Gasteiger partial charge on any atom is -0.369 e. The van der Waals surface area contributed by atoms with E-state index in [2.05, 4.69) is 10.3 Å². The molecule has 1 fully saturated rings. The van der Waals surface area contributed by atoms with Gasteiger partial charge >= 0.3 is 0 Å². The molecule has 6 heteroatoms. The summed E-state index contributed by atoms with van der Waals surface area (Å²) in [6, 6.07) is 10.9. The Morgan fingerprint density at radius 2 is 1.92 bits per heavy atom. The molecule has 1 aromatic carbocycles. The average molecular weight is 356 g/mol. The Kier molecular flexibility index (Phi) is 6.17. The third kappa shape index (κ3) is 5.02. The van der Waals surface area contributed by atoms with Crippen LogP contribution >= 0.6 is 0 Å². The van der Waals surface area contributed by atoms with E-state index in [0.717, 1.165) is 31.5 Å². The number of pyridine rings is 1. The zero-order chi connectivity index (χ0) is 18.4. The van der Waals surface area contributed by atoms with Crippen LogP contribution in [0, 0.1) is 5.82 Å². The monoisotopic (exact) mass is 356 g/mol. The molecule has 0 aliphatic carbocycles. The van der Waals surface area contributed by atoms with E-state index < -0.39 is 0 Å². The molecule has 0 radical (unpaired) electrons. The quantitative estimate of drug-likeness (QED) is 0.864. The van der Waals surface area contributed by atoms with Crippen LogP contribution in [-0.4, -0.2) is 48.5 Å². The fraction of sp³-hybridized carbons (Fsp3) is 0.400. The summed E-state index contributed by atoms with van der Waals surface area (Å²) in [5.41, 5.74) is 1.78. The lowest BCUT2D eigenvalue weighted by atomic mass is 10.0. The van der Waals surface area contributed by atoms with Gasteiger partial charge in [-0.05, 0) is 49.7 Å². The molecule has 0 unspecified atom stereocenters. The largest absolute Gasteiger partial charge is 0.369 e. The molecule has 26 heavy (non-hydrogen) atoms. The highest BCUT2D eigenvalue weighted by Gasteiger charge is 2.22. The summed E-state index contributed by atoms with van der Waals surface area (Å²) < 4.78 is 13.9. The molecule has 3 rings (SSSR count). The van der Waals surface area contributed by atoms with Gasteiger partial charge in [0.15, 0.2) is 0 Å². The molecule has 0 atom stereocenters. The Bertz CT molecular complexity index is 717. The third-order valence-corrected chi connectivity index (χ3v) is 4.67. The Labute approximate surface area is 153 Å². The van der Waals surface area contributed by atoms with Crippen molar-refractivity contribution in [3.05, 3.63) is 60.2 Å². The minimum absolute atomic E-state index is 0.0332. The SMILES string of the molecule is CN(CC(=O)NC1CCN(c2ccccc2F)CC1)Cc1ccncc1. The number of rotatable bonds is 6. The number of hydrogen-bond donors (Lipinski definition) is 1. The predicted octanol–water partition coefficient (Wildman–Crippen LogP) is 2.44. The lowest BCUT2D eigenvalue weighted by molar-refractivity contribution is -0.122. The van der Waals surface area contributed by atoms with Gasteiger partial charge in [-0.15, -0.1) is 0 Å². The van der Waals surface area contributed by atoms with Crippen molar-refractivity contribution in [3.8, 4) is 0 Å². The van der Waals surface area contributed by atoms with Gasteiger partial charge in [0.1, 0.15) is 5.82 Å². The molecular weight excluding hydrogens is 331 g/mol. The highest BCUT2D eigenvalue weighted by molar-refractivity contribution is 5.78. The maximum absolute atomic E-state index is 13.9. The number of nitrogens with zero attached hydrogens (tertiary/aromatic N) is 3. The van der Waals surface area contributed by atoms with Crippen LogP contribution < -0.4 is 10.2 Å². The maximum Gasteiger partial charge on any atom is 0.234 e. The van der Waals surface area contributed by atoms with Crippen LogP contribution in [0.5, 0.6) is 0 Å². The third-order valence-electron chi connectivity index (χ3n) is 4.67. The van der Waals surface area contributed by atoms with E-state index in [1.54, 1.807) is 18.5 Å². The van der Waals surface area contributed by atoms with Crippen molar-refractivity contribution in [2.24, 2.45) is 0 Å². The smallest absolute Gasteiger partial charge is 0.234 e. The molecule has 1 aromatic heterocycles. The first kappa shape index (κ1) is 18.3. The van der Waals surface area contributed by atoms with Crippen LogP contribution in [0.25, 0.3) is 0 Å². The fourth-order valence-electron chi connectivity index (χ4n) is 3.35. The number of amides is 1. The van der Waals surface area contributed by atoms with Crippen LogP contribution in [0.2, 0.25) is 0 Å². The van der Waals surface area contributed by atoms with Gasteiger partial charge in [0.05, 0.1) is 12.2 Å². The number of aromatic nitrogens is 1. The van der Waals surface area contributed by atoms with Gasteiger partial charge in [0, 0.05) is 38.1 Å². The van der Waals surface area contributed by atoms with Crippen molar-refractivity contribution >= 4 is 11.6 Å². The van der Waals surface area contributed by atoms with E-state index >= 15 is 0 Å². The van der Waals surface area contributed by atoms with Crippen LogP contribution in [0.1, 0.15) is 18.4 Å². The zero-order valence-electron chi connectivity index (χ0n) is 15.1. The van der Waals surface area contributed by atoms with E-state index in [9.17, 15) is 9.18 Å². The molecule has 0 bridgehead atoms. The molecule has 1 N–H and O–H groups in total. The number of anilines is 1. The first-order valence-corrected chi connectivity index (χ1v) is 8.98. The number of carbonyl (C=O) groups excluding carboxylic acids is 1. The first-order chi connectivity index (χ1) is 12.6. The second-order valence-electron chi connectivity index (χ2n) is 6.81. The van der Waals surface area contributed by atoms with Crippen LogP contribution in [0.4, 0.5) is 10.1 Å². The van der Waals surface area contributed by atoms with Crippen molar-refractivity contribution in [2.45, 2.75) is 25.4 Å². The van der Waals surface area contributed by atoms with Crippen molar-refractivity contribution in [1.29, 1.82) is 0 Å². The molecule has 2 heterocycles. The Balaban J connectivity index is 1.42. The summed E-state index contributed by atoms with van der Waals surface area (Å²) in [6.45, 7) is 2.56. The summed E-state index contributed by atoms with van der Waals surface area (Å²) in [5.74, 6) is -0.154. The summed E-state index contributed by atoms with van der Waals surface area (Å²) in [7, 11) is 1.93. The average Bonchev–Trinajstić information content (AvgIpc) is 2.63. The molecule has 0 spiro atoms. The lowest BCUT2D eigenvalue weighted by Gasteiger charge is -2.34. The molecule has 1 aliphatic rings. The highest BCUT2D eigenvalue weighted by atomic mass is 19.1. The van der Waals surface area contributed by atoms with Gasteiger partial charge in [0.2, 0.25) is 5.91 Å². The topological polar surface area (TPSA) is 48.5 Å². The van der Waals surface area contributed by atoms with Crippen molar-refractivity contribution in [2.75, 3.05) is 31.6 Å². The zero-order valence-corrected chi connectivity index (χ0v) is 15.1. The van der Waals surface area contributed by atoms with Gasteiger partial charge in [0.25, 0.3) is 0 Å². The van der Waals surface area contributed by atoms with Crippen molar-refractivity contribution in [1.82, 2.24) is 15.2 Å². The number of nitrogens with one attached hydrogen (secondary N) is 1. The van der Waals surface area contributed by atoms with Crippen molar-refractivity contribution < 1.29 is 9.18 Å². The summed E-state index contributed by atoms with van der Waals surface area (Å²) in [4.78, 5) is 20.3. The van der Waals surface area contributed by atoms with Crippen LogP contribution in [-0.2, 0) is 11.3 Å². The first-order valence-electron chi connectivity index (χ1n) is 8.98. The fourth-order valence-corrected chi connectivity index (χ4v) is 3.35. The molecule has 0 saturated carbocycles. The van der Waals surface area contributed by atoms with Crippen LogP contribution in [0.15, 0.2) is 48.8 Å². The van der Waals surface area contributed by atoms with E-state index in [-0.39, 0.29) is 17.8 Å². The lowest BCUT2D eigenvalue weighted by Crippen LogP contribution is -2.47. The molecule has 2 aromatic rings. The second-order valence-corrected chi connectivity index (χ2v) is 6.81. The molecule has 5 nitrogen and oxygen atoms in total. The Morgan fingerprint density at radius 1 is 1.23 bits per heavy atom. The molecule has 1 saturated heterocycles. The van der Waals surface area contributed by atoms with Gasteiger partial charge in [-0.1, -0.05) is 12.1 Å². The van der Waals surface area contributed by atoms with Crippen LogP contribution in [0.3, 0.4) is 0 Å². The number of likely N-dealkylation sites (N-methyl/N-ethyl adjacent to an activating group) is 1. The summed E-state index contributed by atoms with van der Waals surface area (Å²) in [6.07, 6.45) is 5.17. The number of carbonyl (C=O) groups is 1. The number of hydrogen-bond acceptors (Lipinski definition) is 4. The molecule has 138 valence electrons. The van der Waals surface area contributed by atoms with E-state index in [1.165, 1.54) is 6.07 Å².